The molecule has 1 N–H and O–H groups in total. The van der Waals surface area contributed by atoms with E-state index in [0.717, 1.165) is 38.8 Å². The van der Waals surface area contributed by atoms with Crippen LogP contribution in [0.5, 0.6) is 0 Å². The van der Waals surface area contributed by atoms with Gasteiger partial charge >= 0.3 is 0 Å². The van der Waals surface area contributed by atoms with E-state index in [1.807, 2.05) is 0 Å². The summed E-state index contributed by atoms with van der Waals surface area (Å²) in [5.41, 5.74) is 0.121. The molecular weight excluding hydrogens is 243 g/mol. The number of para-hydroxylation sites is 1. The molecule has 2 saturated heterocycles. The number of amides is 1. The van der Waals surface area contributed by atoms with Gasteiger partial charge in [0.05, 0.1) is 11.1 Å². The van der Waals surface area contributed by atoms with Gasteiger partial charge < -0.3 is 10.2 Å². The maximum Gasteiger partial charge on any atom is 0.234 e. The Morgan fingerprint density at radius 2 is 2.00 bits per heavy atom. The highest BCUT2D eigenvalue weighted by Gasteiger charge is 2.45. The molecule has 0 bridgehead atoms. The molecular formula is C15H19FN2O. The van der Waals surface area contributed by atoms with Crippen molar-refractivity contribution >= 4 is 11.6 Å². The van der Waals surface area contributed by atoms with Crippen molar-refractivity contribution in [2.24, 2.45) is 5.41 Å². The zero-order chi connectivity index (χ0) is 13.3. The van der Waals surface area contributed by atoms with E-state index in [-0.39, 0.29) is 17.1 Å². The average Bonchev–Trinajstić information content (AvgIpc) is 2.44. The minimum Gasteiger partial charge on any atom is -0.316 e. The van der Waals surface area contributed by atoms with Crippen molar-refractivity contribution in [1.29, 1.82) is 0 Å². The number of piperidine rings is 2. The van der Waals surface area contributed by atoms with Crippen LogP contribution in [0.25, 0.3) is 0 Å². The summed E-state index contributed by atoms with van der Waals surface area (Å²) in [5.74, 6) is -0.215. The molecule has 0 aromatic heterocycles. The number of benzene rings is 1. The monoisotopic (exact) mass is 262 g/mol. The van der Waals surface area contributed by atoms with Crippen LogP contribution < -0.4 is 10.2 Å². The molecule has 19 heavy (non-hydrogen) atoms. The highest BCUT2D eigenvalue weighted by molar-refractivity contribution is 5.98. The minimum atomic E-state index is -0.309. The SMILES string of the molecule is O=C1N(c2ccccc2F)CCCC12CCCNC2. The molecule has 1 spiro atoms. The second-order valence-corrected chi connectivity index (χ2v) is 5.57. The van der Waals surface area contributed by atoms with Gasteiger partial charge in [0, 0.05) is 13.1 Å². The molecule has 4 heteroatoms. The van der Waals surface area contributed by atoms with Gasteiger partial charge in [-0.1, -0.05) is 12.1 Å². The molecule has 102 valence electrons. The zero-order valence-electron chi connectivity index (χ0n) is 11.0. The van der Waals surface area contributed by atoms with E-state index in [4.69, 9.17) is 0 Å². The van der Waals surface area contributed by atoms with Crippen molar-refractivity contribution < 1.29 is 9.18 Å². The van der Waals surface area contributed by atoms with Crippen molar-refractivity contribution in [3.8, 4) is 0 Å². The first-order chi connectivity index (χ1) is 9.23. The van der Waals surface area contributed by atoms with Crippen LogP contribution in [0.15, 0.2) is 24.3 Å². The van der Waals surface area contributed by atoms with Gasteiger partial charge in [0.1, 0.15) is 5.82 Å². The van der Waals surface area contributed by atoms with Gasteiger partial charge in [-0.25, -0.2) is 4.39 Å². The number of rotatable bonds is 1. The summed E-state index contributed by atoms with van der Waals surface area (Å²) in [7, 11) is 0. The summed E-state index contributed by atoms with van der Waals surface area (Å²) >= 11 is 0. The van der Waals surface area contributed by atoms with Crippen molar-refractivity contribution in [3.63, 3.8) is 0 Å². The number of carbonyl (C=O) groups excluding carboxylic acids is 1. The van der Waals surface area contributed by atoms with Crippen LogP contribution in [0.3, 0.4) is 0 Å². The number of hydrogen-bond donors (Lipinski definition) is 1. The predicted octanol–water partition coefficient (Wildman–Crippen LogP) is 2.32. The number of carbonyl (C=O) groups is 1. The van der Waals surface area contributed by atoms with Crippen LogP contribution in [0.4, 0.5) is 10.1 Å². The molecule has 2 aliphatic rings. The van der Waals surface area contributed by atoms with Gasteiger partial charge in [-0.05, 0) is 44.4 Å². The van der Waals surface area contributed by atoms with Gasteiger partial charge in [-0.3, -0.25) is 4.79 Å². The van der Waals surface area contributed by atoms with Crippen LogP contribution in [0.1, 0.15) is 25.7 Å². The number of anilines is 1. The summed E-state index contributed by atoms with van der Waals surface area (Å²) < 4.78 is 13.9. The van der Waals surface area contributed by atoms with E-state index in [1.54, 1.807) is 23.1 Å². The highest BCUT2D eigenvalue weighted by atomic mass is 19.1. The summed E-state index contributed by atoms with van der Waals surface area (Å²) in [6, 6.07) is 6.56. The second kappa shape index (κ2) is 4.93. The van der Waals surface area contributed by atoms with Gasteiger partial charge in [0.2, 0.25) is 5.91 Å². The van der Waals surface area contributed by atoms with Crippen molar-refractivity contribution in [3.05, 3.63) is 30.1 Å². The Kier molecular flexibility index (Phi) is 3.27. The van der Waals surface area contributed by atoms with E-state index in [9.17, 15) is 9.18 Å². The molecule has 1 aromatic carbocycles. The topological polar surface area (TPSA) is 32.3 Å². The lowest BCUT2D eigenvalue weighted by Crippen LogP contribution is -2.55. The summed E-state index contributed by atoms with van der Waals surface area (Å²) in [5, 5.41) is 3.32. The Morgan fingerprint density at radius 3 is 2.74 bits per heavy atom. The Labute approximate surface area is 112 Å². The first-order valence-electron chi connectivity index (χ1n) is 7.00. The molecule has 1 unspecified atom stereocenters. The smallest absolute Gasteiger partial charge is 0.234 e. The van der Waals surface area contributed by atoms with E-state index in [1.165, 1.54) is 6.07 Å². The molecule has 1 atom stereocenters. The van der Waals surface area contributed by atoms with E-state index in [0.29, 0.717) is 12.2 Å². The Hall–Kier alpha value is -1.42. The summed E-state index contributed by atoms with van der Waals surface area (Å²) in [4.78, 5) is 14.4. The number of halogens is 1. The molecule has 1 aromatic rings. The number of nitrogens with zero attached hydrogens (tertiary/aromatic N) is 1. The molecule has 0 saturated carbocycles. The normalized spacial score (nSPS) is 27.8. The number of nitrogens with one attached hydrogen (secondary N) is 1. The maximum absolute atomic E-state index is 13.9. The lowest BCUT2D eigenvalue weighted by molar-refractivity contribution is -0.131. The van der Waals surface area contributed by atoms with Crippen LogP contribution >= 0.6 is 0 Å². The highest BCUT2D eigenvalue weighted by Crippen LogP contribution is 2.39. The molecule has 2 fully saturated rings. The molecule has 3 rings (SSSR count). The fourth-order valence-electron chi connectivity index (χ4n) is 3.33. The standard InChI is InChI=1S/C15H19FN2O/c16-12-5-1-2-6-13(12)18-10-4-8-15(14(18)19)7-3-9-17-11-15/h1-2,5-6,17H,3-4,7-11H2. The predicted molar refractivity (Wildman–Crippen MR) is 72.5 cm³/mol. The van der Waals surface area contributed by atoms with Gasteiger partial charge in [-0.2, -0.15) is 0 Å². The molecule has 1 amide bonds. The van der Waals surface area contributed by atoms with Crippen LogP contribution in [0.2, 0.25) is 0 Å². The third-order valence-corrected chi connectivity index (χ3v) is 4.35. The molecule has 2 heterocycles. The third kappa shape index (κ3) is 2.14. The van der Waals surface area contributed by atoms with E-state index in [2.05, 4.69) is 5.32 Å². The Bertz CT molecular complexity index is 477. The van der Waals surface area contributed by atoms with Gasteiger partial charge in [0.15, 0.2) is 0 Å². The summed E-state index contributed by atoms with van der Waals surface area (Å²) in [6.07, 6.45) is 3.81. The first-order valence-corrected chi connectivity index (χ1v) is 7.00. The quantitative estimate of drug-likeness (QED) is 0.842. The lowest BCUT2D eigenvalue weighted by atomic mass is 9.73. The van der Waals surface area contributed by atoms with Gasteiger partial charge in [-0.15, -0.1) is 0 Å². The van der Waals surface area contributed by atoms with Crippen LogP contribution in [0, 0.1) is 11.2 Å². The first kappa shape index (κ1) is 12.6. The molecule has 2 aliphatic heterocycles. The van der Waals surface area contributed by atoms with E-state index >= 15 is 0 Å². The van der Waals surface area contributed by atoms with E-state index < -0.39 is 0 Å². The lowest BCUT2D eigenvalue weighted by Gasteiger charge is -2.44. The summed E-state index contributed by atoms with van der Waals surface area (Å²) in [6.45, 7) is 2.34. The average molecular weight is 262 g/mol. The van der Waals surface area contributed by atoms with Crippen molar-refractivity contribution in [2.75, 3.05) is 24.5 Å². The largest absolute Gasteiger partial charge is 0.316 e. The van der Waals surface area contributed by atoms with Crippen LogP contribution in [-0.4, -0.2) is 25.5 Å². The second-order valence-electron chi connectivity index (χ2n) is 5.57. The molecule has 0 aliphatic carbocycles. The van der Waals surface area contributed by atoms with Crippen LogP contribution in [-0.2, 0) is 4.79 Å². The Balaban J connectivity index is 1.91. The fraction of sp³-hybridized carbons (Fsp3) is 0.533. The fourth-order valence-corrected chi connectivity index (χ4v) is 3.33. The minimum absolute atomic E-state index is 0.0936. The maximum atomic E-state index is 13.9. The molecule has 0 radical (unpaired) electrons. The number of hydrogen-bond acceptors (Lipinski definition) is 2. The Morgan fingerprint density at radius 1 is 1.21 bits per heavy atom. The van der Waals surface area contributed by atoms with Crippen molar-refractivity contribution in [2.45, 2.75) is 25.7 Å². The third-order valence-electron chi connectivity index (χ3n) is 4.35. The molecule has 3 nitrogen and oxygen atoms in total. The zero-order valence-corrected chi connectivity index (χ0v) is 11.0. The van der Waals surface area contributed by atoms with Crippen molar-refractivity contribution in [1.82, 2.24) is 5.32 Å². The van der Waals surface area contributed by atoms with Gasteiger partial charge in [0.25, 0.3) is 0 Å².